The molecule has 0 fully saturated rings. The SMILES string of the molecule is CCOc1cccc(CNC(=O)c2ccc(CN(c3cc(Cl)ccc3C)S(=O)(=O)c3ccccc3)cc2)c1. The van der Waals surface area contributed by atoms with E-state index in [2.05, 4.69) is 5.32 Å². The molecule has 0 aliphatic heterocycles. The van der Waals surface area contributed by atoms with Gasteiger partial charge in [0.2, 0.25) is 0 Å². The average Bonchev–Trinajstić information content (AvgIpc) is 2.93. The summed E-state index contributed by atoms with van der Waals surface area (Å²) in [5.41, 5.74) is 3.41. The van der Waals surface area contributed by atoms with E-state index in [1.807, 2.05) is 38.1 Å². The molecule has 1 amide bonds. The quantitative estimate of drug-likeness (QED) is 0.250. The minimum Gasteiger partial charge on any atom is -0.494 e. The summed E-state index contributed by atoms with van der Waals surface area (Å²) in [7, 11) is -3.88. The van der Waals surface area contributed by atoms with Crippen molar-refractivity contribution in [1.82, 2.24) is 5.32 Å². The maximum absolute atomic E-state index is 13.7. The minimum atomic E-state index is -3.88. The Morgan fingerprint density at radius 2 is 1.63 bits per heavy atom. The Hall–Kier alpha value is -3.81. The Bertz CT molecular complexity index is 1510. The summed E-state index contributed by atoms with van der Waals surface area (Å²) < 4.78 is 34.2. The smallest absolute Gasteiger partial charge is 0.264 e. The highest BCUT2D eigenvalue weighted by Crippen LogP contribution is 2.31. The molecule has 38 heavy (non-hydrogen) atoms. The number of rotatable bonds is 10. The van der Waals surface area contributed by atoms with Crippen molar-refractivity contribution < 1.29 is 17.9 Å². The number of nitrogens with zero attached hydrogens (tertiary/aromatic N) is 1. The lowest BCUT2D eigenvalue weighted by Crippen LogP contribution is -2.31. The van der Waals surface area contributed by atoms with Gasteiger partial charge in [0.25, 0.3) is 15.9 Å². The zero-order valence-corrected chi connectivity index (χ0v) is 22.8. The molecular formula is C30H29ClN2O4S. The maximum atomic E-state index is 13.7. The topological polar surface area (TPSA) is 75.7 Å². The molecule has 196 valence electrons. The summed E-state index contributed by atoms with van der Waals surface area (Å²) in [6.45, 7) is 4.77. The molecule has 0 bridgehead atoms. The number of carbonyl (C=O) groups is 1. The van der Waals surface area contributed by atoms with Crippen molar-refractivity contribution in [1.29, 1.82) is 0 Å². The van der Waals surface area contributed by atoms with Crippen LogP contribution in [-0.4, -0.2) is 20.9 Å². The number of ether oxygens (including phenoxy) is 1. The first-order valence-electron chi connectivity index (χ1n) is 12.2. The summed E-state index contributed by atoms with van der Waals surface area (Å²) >= 11 is 6.24. The number of sulfonamides is 1. The zero-order chi connectivity index (χ0) is 27.1. The van der Waals surface area contributed by atoms with Gasteiger partial charge in [0.15, 0.2) is 0 Å². The highest BCUT2D eigenvalue weighted by atomic mass is 35.5. The summed E-state index contributed by atoms with van der Waals surface area (Å²) in [4.78, 5) is 12.9. The molecule has 0 radical (unpaired) electrons. The molecule has 1 N–H and O–H groups in total. The van der Waals surface area contributed by atoms with E-state index in [0.717, 1.165) is 22.4 Å². The highest BCUT2D eigenvalue weighted by Gasteiger charge is 2.26. The van der Waals surface area contributed by atoms with E-state index < -0.39 is 10.0 Å². The number of nitrogens with one attached hydrogen (secondary N) is 1. The molecule has 0 saturated carbocycles. The Morgan fingerprint density at radius 1 is 0.895 bits per heavy atom. The van der Waals surface area contributed by atoms with E-state index in [9.17, 15) is 13.2 Å². The van der Waals surface area contributed by atoms with Crippen LogP contribution < -0.4 is 14.4 Å². The summed E-state index contributed by atoms with van der Waals surface area (Å²) in [5, 5.41) is 3.36. The molecular weight excluding hydrogens is 520 g/mol. The second-order valence-electron chi connectivity index (χ2n) is 8.72. The number of halogens is 1. The first kappa shape index (κ1) is 27.2. The number of carbonyl (C=O) groups excluding carboxylic acids is 1. The van der Waals surface area contributed by atoms with Gasteiger partial charge in [0, 0.05) is 17.1 Å². The van der Waals surface area contributed by atoms with Crippen LogP contribution in [0.15, 0.2) is 102 Å². The molecule has 0 aliphatic carbocycles. The van der Waals surface area contributed by atoms with E-state index in [1.54, 1.807) is 72.8 Å². The predicted molar refractivity (Wildman–Crippen MR) is 151 cm³/mol. The van der Waals surface area contributed by atoms with Crippen molar-refractivity contribution in [3.8, 4) is 5.75 Å². The standard InChI is InChI=1S/C30H29ClN2O4S/c1-3-37-27-9-7-8-24(18-27)20-32-30(34)25-15-13-23(14-16-25)21-33(29-19-26(31)17-12-22(29)2)38(35,36)28-10-5-4-6-11-28/h4-19H,3,20-21H2,1-2H3,(H,32,34). The van der Waals surface area contributed by atoms with Gasteiger partial charge < -0.3 is 10.1 Å². The molecule has 6 nitrogen and oxygen atoms in total. The third-order valence-electron chi connectivity index (χ3n) is 5.98. The van der Waals surface area contributed by atoms with Gasteiger partial charge in [-0.2, -0.15) is 0 Å². The van der Waals surface area contributed by atoms with Gasteiger partial charge in [-0.15, -0.1) is 0 Å². The fourth-order valence-electron chi connectivity index (χ4n) is 3.99. The van der Waals surface area contributed by atoms with Gasteiger partial charge in [-0.3, -0.25) is 9.10 Å². The number of amides is 1. The van der Waals surface area contributed by atoms with Gasteiger partial charge >= 0.3 is 0 Å². The lowest BCUT2D eigenvalue weighted by molar-refractivity contribution is 0.0951. The van der Waals surface area contributed by atoms with Gasteiger partial charge in [-0.25, -0.2) is 8.42 Å². The van der Waals surface area contributed by atoms with Crippen molar-refractivity contribution in [3.63, 3.8) is 0 Å². The molecule has 0 aromatic heterocycles. The van der Waals surface area contributed by atoms with Gasteiger partial charge in [0.05, 0.1) is 23.7 Å². The molecule has 0 aliphatic rings. The second-order valence-corrected chi connectivity index (χ2v) is 11.0. The van der Waals surface area contributed by atoms with E-state index in [0.29, 0.717) is 29.4 Å². The van der Waals surface area contributed by atoms with Crippen LogP contribution in [0, 0.1) is 6.92 Å². The summed E-state index contributed by atoms with van der Waals surface area (Å²) in [5.74, 6) is 0.534. The van der Waals surface area contributed by atoms with Crippen LogP contribution in [0.4, 0.5) is 5.69 Å². The molecule has 0 saturated heterocycles. The fourth-order valence-corrected chi connectivity index (χ4v) is 5.69. The van der Waals surface area contributed by atoms with Crippen LogP contribution in [0.1, 0.15) is 34.0 Å². The molecule has 0 atom stereocenters. The Kier molecular flexibility index (Phi) is 8.71. The predicted octanol–water partition coefficient (Wildman–Crippen LogP) is 6.37. The first-order chi connectivity index (χ1) is 18.3. The molecule has 0 unspecified atom stereocenters. The highest BCUT2D eigenvalue weighted by molar-refractivity contribution is 7.92. The number of aryl methyl sites for hydroxylation is 1. The zero-order valence-electron chi connectivity index (χ0n) is 21.2. The number of hydrogen-bond donors (Lipinski definition) is 1. The molecule has 4 rings (SSSR count). The van der Waals surface area contributed by atoms with E-state index >= 15 is 0 Å². The van der Waals surface area contributed by atoms with Crippen molar-refractivity contribution in [3.05, 3.63) is 124 Å². The fraction of sp³-hybridized carbons (Fsp3) is 0.167. The summed E-state index contributed by atoms with van der Waals surface area (Å²) in [6.07, 6.45) is 0. The Labute approximate surface area is 228 Å². The van der Waals surface area contributed by atoms with Crippen molar-refractivity contribution in [2.75, 3.05) is 10.9 Å². The Balaban J connectivity index is 1.54. The lowest BCUT2D eigenvalue weighted by atomic mass is 10.1. The van der Waals surface area contributed by atoms with E-state index in [1.165, 1.54) is 4.31 Å². The van der Waals surface area contributed by atoms with Gasteiger partial charge in [-0.1, -0.05) is 60.1 Å². The molecule has 0 spiro atoms. The van der Waals surface area contributed by atoms with Gasteiger partial charge in [-0.05, 0) is 79.1 Å². The van der Waals surface area contributed by atoms with Crippen LogP contribution in [-0.2, 0) is 23.1 Å². The second kappa shape index (κ2) is 12.2. The molecule has 8 heteroatoms. The molecule has 4 aromatic rings. The van der Waals surface area contributed by atoms with Crippen LogP contribution in [0.25, 0.3) is 0 Å². The van der Waals surface area contributed by atoms with E-state index in [-0.39, 0.29) is 17.3 Å². The van der Waals surface area contributed by atoms with Crippen LogP contribution in [0.3, 0.4) is 0 Å². The van der Waals surface area contributed by atoms with Gasteiger partial charge in [0.1, 0.15) is 5.75 Å². The molecule has 0 heterocycles. The van der Waals surface area contributed by atoms with Crippen LogP contribution >= 0.6 is 11.6 Å². The largest absolute Gasteiger partial charge is 0.494 e. The third kappa shape index (κ3) is 6.54. The van der Waals surface area contributed by atoms with Crippen molar-refractivity contribution in [2.24, 2.45) is 0 Å². The Morgan fingerprint density at radius 3 is 2.34 bits per heavy atom. The van der Waals surface area contributed by atoms with E-state index in [4.69, 9.17) is 16.3 Å². The van der Waals surface area contributed by atoms with Crippen molar-refractivity contribution >= 4 is 33.2 Å². The number of hydrogen-bond acceptors (Lipinski definition) is 4. The lowest BCUT2D eigenvalue weighted by Gasteiger charge is -2.26. The minimum absolute atomic E-state index is 0.0739. The summed E-state index contributed by atoms with van der Waals surface area (Å²) in [6, 6.07) is 28.0. The van der Waals surface area contributed by atoms with Crippen molar-refractivity contribution in [2.45, 2.75) is 31.8 Å². The number of anilines is 1. The van der Waals surface area contributed by atoms with Crippen LogP contribution in [0.5, 0.6) is 5.75 Å². The number of benzene rings is 4. The van der Waals surface area contributed by atoms with Crippen LogP contribution in [0.2, 0.25) is 5.02 Å². The average molecular weight is 549 g/mol. The molecule has 4 aromatic carbocycles. The normalized spacial score (nSPS) is 11.1. The first-order valence-corrected chi connectivity index (χ1v) is 14.0. The third-order valence-corrected chi connectivity index (χ3v) is 7.98. The monoisotopic (exact) mass is 548 g/mol. The maximum Gasteiger partial charge on any atom is 0.264 e.